The molecular formula is C24H23N3O3S. The number of nitrogens with zero attached hydrogens (tertiary/aromatic N) is 3. The van der Waals surface area contributed by atoms with Crippen molar-refractivity contribution in [1.29, 1.82) is 0 Å². The summed E-state index contributed by atoms with van der Waals surface area (Å²) < 4.78 is 12.5. The molecule has 0 atom stereocenters. The smallest absolute Gasteiger partial charge is 0.275 e. The van der Waals surface area contributed by atoms with E-state index >= 15 is 0 Å². The Kier molecular flexibility index (Phi) is 5.21. The van der Waals surface area contributed by atoms with Crippen molar-refractivity contribution in [3.05, 3.63) is 75.4 Å². The van der Waals surface area contributed by atoms with Gasteiger partial charge in [-0.15, -0.1) is 11.3 Å². The molecule has 0 aliphatic carbocycles. The number of benzene rings is 2. The minimum Gasteiger partial charge on any atom is -0.493 e. The van der Waals surface area contributed by atoms with Crippen LogP contribution < -0.4 is 15.0 Å². The predicted octanol–water partition coefficient (Wildman–Crippen LogP) is 4.16. The Morgan fingerprint density at radius 2 is 1.74 bits per heavy atom. The van der Waals surface area contributed by atoms with Gasteiger partial charge in [0, 0.05) is 18.5 Å². The zero-order valence-electron chi connectivity index (χ0n) is 17.5. The van der Waals surface area contributed by atoms with E-state index in [-0.39, 0.29) is 5.56 Å². The molecule has 0 amide bonds. The van der Waals surface area contributed by atoms with Crippen molar-refractivity contribution in [2.24, 2.45) is 0 Å². The van der Waals surface area contributed by atoms with Crippen LogP contribution in [0, 0.1) is 0 Å². The summed E-state index contributed by atoms with van der Waals surface area (Å²) in [6.45, 7) is 2.01. The third-order valence-corrected chi connectivity index (χ3v) is 6.63. The van der Waals surface area contributed by atoms with Gasteiger partial charge in [-0.25, -0.2) is 4.68 Å². The second kappa shape index (κ2) is 8.17. The Hall–Kier alpha value is -3.16. The molecule has 158 valence electrons. The molecule has 0 saturated carbocycles. The van der Waals surface area contributed by atoms with Gasteiger partial charge >= 0.3 is 0 Å². The average Bonchev–Trinajstić information content (AvgIpc) is 3.34. The average molecular weight is 434 g/mol. The van der Waals surface area contributed by atoms with E-state index in [9.17, 15) is 4.79 Å². The monoisotopic (exact) mass is 433 g/mol. The SMILES string of the molecule is COc1cc2c(cc1OC)CN(Cn1nc(-c3cccs3)c3ccccc3c1=O)CC2. The summed E-state index contributed by atoms with van der Waals surface area (Å²) in [5.41, 5.74) is 3.24. The number of thiophene rings is 1. The van der Waals surface area contributed by atoms with Gasteiger partial charge in [-0.2, -0.15) is 5.10 Å². The first kappa shape index (κ1) is 19.8. The summed E-state index contributed by atoms with van der Waals surface area (Å²) in [7, 11) is 3.30. The van der Waals surface area contributed by atoms with Gasteiger partial charge in [0.05, 0.1) is 31.2 Å². The fourth-order valence-electron chi connectivity index (χ4n) is 4.18. The Morgan fingerprint density at radius 1 is 1.00 bits per heavy atom. The van der Waals surface area contributed by atoms with E-state index in [2.05, 4.69) is 11.0 Å². The fraction of sp³-hybridized carbons (Fsp3) is 0.250. The summed E-state index contributed by atoms with van der Waals surface area (Å²) in [5, 5.41) is 8.41. The molecule has 7 heteroatoms. The molecule has 2 aromatic heterocycles. The van der Waals surface area contributed by atoms with Gasteiger partial charge < -0.3 is 9.47 Å². The van der Waals surface area contributed by atoms with Crippen LogP contribution in [-0.2, 0) is 19.6 Å². The second-order valence-corrected chi connectivity index (χ2v) is 8.54. The van der Waals surface area contributed by atoms with Crippen LogP contribution in [0.15, 0.2) is 58.7 Å². The Balaban J connectivity index is 1.51. The van der Waals surface area contributed by atoms with Gasteiger partial charge in [0.15, 0.2) is 11.5 Å². The fourth-order valence-corrected chi connectivity index (χ4v) is 4.90. The number of fused-ring (bicyclic) bond motifs is 2. The standard InChI is InChI=1S/C24H23N3O3S/c1-29-20-12-16-9-10-26(14-17(16)13-21(20)30-2)15-27-24(28)19-7-4-3-6-18(19)23(25-27)22-8-5-11-31-22/h3-8,11-13H,9-10,14-15H2,1-2H3. The molecule has 0 radical (unpaired) electrons. The molecule has 5 rings (SSSR count). The zero-order valence-corrected chi connectivity index (χ0v) is 18.3. The first-order chi connectivity index (χ1) is 15.2. The molecule has 2 aromatic carbocycles. The molecule has 31 heavy (non-hydrogen) atoms. The quantitative estimate of drug-likeness (QED) is 0.473. The van der Waals surface area contributed by atoms with Crippen molar-refractivity contribution >= 4 is 22.1 Å². The third kappa shape index (κ3) is 3.60. The highest BCUT2D eigenvalue weighted by molar-refractivity contribution is 7.13. The van der Waals surface area contributed by atoms with Crippen LogP contribution in [0.1, 0.15) is 11.1 Å². The van der Waals surface area contributed by atoms with E-state index in [1.165, 1.54) is 11.1 Å². The molecule has 0 unspecified atom stereocenters. The van der Waals surface area contributed by atoms with E-state index in [0.29, 0.717) is 12.1 Å². The van der Waals surface area contributed by atoms with Gasteiger partial charge in [-0.05, 0) is 47.2 Å². The normalized spacial score (nSPS) is 13.9. The molecule has 6 nitrogen and oxygen atoms in total. The van der Waals surface area contributed by atoms with E-state index in [4.69, 9.17) is 14.6 Å². The topological polar surface area (TPSA) is 56.6 Å². The predicted molar refractivity (Wildman–Crippen MR) is 123 cm³/mol. The lowest BCUT2D eigenvalue weighted by molar-refractivity contribution is 0.185. The third-order valence-electron chi connectivity index (χ3n) is 5.75. The van der Waals surface area contributed by atoms with Crippen molar-refractivity contribution in [2.75, 3.05) is 20.8 Å². The molecule has 0 fully saturated rings. The number of rotatable bonds is 5. The van der Waals surface area contributed by atoms with Crippen LogP contribution in [0.5, 0.6) is 11.5 Å². The van der Waals surface area contributed by atoms with Gasteiger partial charge in [0.1, 0.15) is 5.69 Å². The highest BCUT2D eigenvalue weighted by atomic mass is 32.1. The number of ether oxygens (including phenoxy) is 2. The summed E-state index contributed by atoms with van der Waals surface area (Å²) in [4.78, 5) is 16.5. The largest absolute Gasteiger partial charge is 0.493 e. The highest BCUT2D eigenvalue weighted by Gasteiger charge is 2.21. The van der Waals surface area contributed by atoms with Gasteiger partial charge in [0.2, 0.25) is 0 Å². The first-order valence-corrected chi connectivity index (χ1v) is 11.1. The summed E-state index contributed by atoms with van der Waals surface area (Å²) in [5.74, 6) is 1.48. The van der Waals surface area contributed by atoms with E-state index in [1.807, 2.05) is 47.8 Å². The second-order valence-electron chi connectivity index (χ2n) is 7.60. The maximum absolute atomic E-state index is 13.2. The highest BCUT2D eigenvalue weighted by Crippen LogP contribution is 2.33. The Morgan fingerprint density at radius 3 is 2.45 bits per heavy atom. The van der Waals surface area contributed by atoms with Crippen molar-refractivity contribution in [3.8, 4) is 22.1 Å². The minimum absolute atomic E-state index is 0.0611. The lowest BCUT2D eigenvalue weighted by Gasteiger charge is -2.29. The van der Waals surface area contributed by atoms with Crippen LogP contribution in [0.3, 0.4) is 0 Å². The van der Waals surface area contributed by atoms with E-state index < -0.39 is 0 Å². The number of methoxy groups -OCH3 is 2. The van der Waals surface area contributed by atoms with Gasteiger partial charge in [-0.1, -0.05) is 24.3 Å². The van der Waals surface area contributed by atoms with Crippen LogP contribution in [-0.4, -0.2) is 35.4 Å². The van der Waals surface area contributed by atoms with Crippen LogP contribution in [0.2, 0.25) is 0 Å². The summed E-state index contributed by atoms with van der Waals surface area (Å²) >= 11 is 1.63. The van der Waals surface area contributed by atoms with Crippen LogP contribution in [0.4, 0.5) is 0 Å². The molecule has 1 aliphatic heterocycles. The maximum Gasteiger partial charge on any atom is 0.275 e. The molecule has 0 spiro atoms. The molecular weight excluding hydrogens is 410 g/mol. The lowest BCUT2D eigenvalue weighted by atomic mass is 9.99. The van der Waals surface area contributed by atoms with Crippen molar-refractivity contribution in [1.82, 2.24) is 14.7 Å². The van der Waals surface area contributed by atoms with E-state index in [0.717, 1.165) is 47.0 Å². The van der Waals surface area contributed by atoms with Crippen LogP contribution >= 0.6 is 11.3 Å². The Labute approximate surface area is 184 Å². The van der Waals surface area contributed by atoms with Crippen molar-refractivity contribution in [3.63, 3.8) is 0 Å². The van der Waals surface area contributed by atoms with Crippen LogP contribution in [0.25, 0.3) is 21.3 Å². The number of hydrogen-bond donors (Lipinski definition) is 0. The molecule has 0 N–H and O–H groups in total. The molecule has 1 aliphatic rings. The van der Waals surface area contributed by atoms with E-state index in [1.54, 1.807) is 30.2 Å². The molecule has 0 bridgehead atoms. The number of aromatic nitrogens is 2. The zero-order chi connectivity index (χ0) is 21.4. The van der Waals surface area contributed by atoms with Crippen molar-refractivity contribution < 1.29 is 9.47 Å². The molecule has 0 saturated heterocycles. The molecule has 3 heterocycles. The van der Waals surface area contributed by atoms with Gasteiger partial charge in [-0.3, -0.25) is 9.69 Å². The van der Waals surface area contributed by atoms with Crippen molar-refractivity contribution in [2.45, 2.75) is 19.6 Å². The molecule has 4 aromatic rings. The minimum atomic E-state index is -0.0611. The van der Waals surface area contributed by atoms with Gasteiger partial charge in [0.25, 0.3) is 5.56 Å². The first-order valence-electron chi connectivity index (χ1n) is 10.2. The summed E-state index contributed by atoms with van der Waals surface area (Å²) in [6, 6.07) is 15.9. The Bertz CT molecular complexity index is 1300. The summed E-state index contributed by atoms with van der Waals surface area (Å²) in [6.07, 6.45) is 0.885. The maximum atomic E-state index is 13.2. The number of hydrogen-bond acceptors (Lipinski definition) is 6. The lowest BCUT2D eigenvalue weighted by Crippen LogP contribution is -2.37.